The number of hydrogen-bond donors (Lipinski definition) is 0. The van der Waals surface area contributed by atoms with Gasteiger partial charge in [-0.2, -0.15) is 9.78 Å². The molecule has 2 heterocycles. The first-order valence-electron chi connectivity index (χ1n) is 12.1. The first kappa shape index (κ1) is 27.6. The summed E-state index contributed by atoms with van der Waals surface area (Å²) in [6.45, 7) is 0.175. The number of nitrogens with zero attached hydrogens (tertiary/aromatic N) is 3. The Hall–Kier alpha value is -3.52. The maximum Gasteiger partial charge on any atom is 0.282 e. The van der Waals surface area contributed by atoms with E-state index in [1.807, 2.05) is 0 Å². The minimum Gasteiger partial charge on any atom is -0.486 e. The smallest absolute Gasteiger partial charge is 0.282 e. The average Bonchev–Trinajstić information content (AvgIpc) is 3.37. The van der Waals surface area contributed by atoms with E-state index in [2.05, 4.69) is 10.1 Å². The Balaban J connectivity index is 1.36. The van der Waals surface area contributed by atoms with Gasteiger partial charge in [-0.25, -0.2) is 4.98 Å². The lowest BCUT2D eigenvalue weighted by Crippen LogP contribution is -2.20. The molecule has 0 fully saturated rings. The highest BCUT2D eigenvalue weighted by atomic mass is 35.5. The van der Waals surface area contributed by atoms with Gasteiger partial charge in [0.2, 0.25) is 5.82 Å². The van der Waals surface area contributed by atoms with Crippen molar-refractivity contribution in [2.45, 2.75) is 6.61 Å². The molecule has 0 atom stereocenters. The predicted molar refractivity (Wildman–Crippen MR) is 166 cm³/mol. The molecule has 0 bridgehead atoms. The highest BCUT2D eigenvalue weighted by Crippen LogP contribution is 2.35. The van der Waals surface area contributed by atoms with Gasteiger partial charge in [-0.3, -0.25) is 4.79 Å². The lowest BCUT2D eigenvalue weighted by atomic mass is 10.2. The van der Waals surface area contributed by atoms with E-state index < -0.39 is 0 Å². The van der Waals surface area contributed by atoms with E-state index in [9.17, 15) is 4.79 Å². The van der Waals surface area contributed by atoms with Crippen LogP contribution in [0.4, 0.5) is 0 Å². The molecule has 0 spiro atoms. The molecule has 4 aromatic carbocycles. The Kier molecular flexibility index (Phi) is 7.68. The topological polar surface area (TPSA) is 69.6 Å². The summed E-state index contributed by atoms with van der Waals surface area (Å²) in [6, 6.07) is 22.5. The van der Waals surface area contributed by atoms with Crippen molar-refractivity contribution in [3.63, 3.8) is 0 Å². The number of ether oxygens (including phenoxy) is 1. The molecule has 0 amide bonds. The maximum atomic E-state index is 13.5. The van der Waals surface area contributed by atoms with Crippen molar-refractivity contribution in [3.05, 3.63) is 125 Å². The normalized spacial score (nSPS) is 11.6. The minimum absolute atomic E-state index is 0.175. The third-order valence-electron chi connectivity index (χ3n) is 6.16. The first-order valence-corrected chi connectivity index (χ1v) is 14.0. The van der Waals surface area contributed by atoms with Gasteiger partial charge in [-0.05, 0) is 71.8 Å². The van der Waals surface area contributed by atoms with Gasteiger partial charge in [0.25, 0.3) is 5.56 Å². The molecule has 0 aliphatic rings. The van der Waals surface area contributed by atoms with Gasteiger partial charge in [0.05, 0.1) is 37.2 Å². The second-order valence-electron chi connectivity index (χ2n) is 8.96. The molecule has 0 aliphatic carbocycles. The van der Waals surface area contributed by atoms with Crippen LogP contribution in [0, 0.1) is 0 Å². The Labute approximate surface area is 258 Å². The van der Waals surface area contributed by atoms with Crippen molar-refractivity contribution in [2.24, 2.45) is 5.10 Å². The van der Waals surface area contributed by atoms with Crippen LogP contribution in [0.25, 0.3) is 33.5 Å². The molecule has 0 radical (unpaired) electrons. The molecular weight excluding hydrogens is 628 g/mol. The number of para-hydroxylation sites is 1. The zero-order chi connectivity index (χ0) is 28.7. The molecule has 0 unspecified atom stereocenters. The maximum absolute atomic E-state index is 13.5. The number of rotatable bonds is 6. The van der Waals surface area contributed by atoms with E-state index in [4.69, 9.17) is 67.2 Å². The lowest BCUT2D eigenvalue weighted by Gasteiger charge is -2.11. The number of halogens is 5. The van der Waals surface area contributed by atoms with Crippen molar-refractivity contribution in [1.82, 2.24) is 9.66 Å². The first-order chi connectivity index (χ1) is 19.8. The van der Waals surface area contributed by atoms with Crippen molar-refractivity contribution >= 4 is 86.1 Å². The molecule has 11 heteroatoms. The minimum atomic E-state index is -0.376. The quantitative estimate of drug-likeness (QED) is 0.170. The Morgan fingerprint density at radius 2 is 1.63 bits per heavy atom. The number of hydrogen-bond acceptors (Lipinski definition) is 5. The number of benzene rings is 4. The van der Waals surface area contributed by atoms with E-state index in [1.54, 1.807) is 78.9 Å². The van der Waals surface area contributed by atoms with Crippen LogP contribution in [0.1, 0.15) is 11.1 Å². The molecule has 2 aromatic heterocycles. The summed E-state index contributed by atoms with van der Waals surface area (Å²) in [5, 5.41) is 7.57. The second-order valence-corrected chi connectivity index (χ2v) is 11.0. The Morgan fingerprint density at radius 1 is 0.854 bits per heavy atom. The van der Waals surface area contributed by atoms with Crippen LogP contribution in [0.5, 0.6) is 5.75 Å². The van der Waals surface area contributed by atoms with Gasteiger partial charge < -0.3 is 9.15 Å². The molecular formula is C30H16Cl5N3O3. The summed E-state index contributed by atoms with van der Waals surface area (Å²) >= 11 is 31.2. The molecule has 0 aliphatic heterocycles. The molecule has 0 saturated carbocycles. The fraction of sp³-hybridized carbons (Fsp3) is 0.0333. The molecule has 6 aromatic rings. The Bertz CT molecular complexity index is 2030. The summed E-state index contributed by atoms with van der Waals surface area (Å²) in [7, 11) is 0. The van der Waals surface area contributed by atoms with Gasteiger partial charge in [0.1, 0.15) is 12.2 Å². The van der Waals surface area contributed by atoms with Crippen LogP contribution in [0.15, 0.2) is 93.2 Å². The van der Waals surface area contributed by atoms with Crippen molar-refractivity contribution in [3.8, 4) is 17.3 Å². The highest BCUT2D eigenvalue weighted by molar-refractivity contribution is 6.42. The van der Waals surface area contributed by atoms with Crippen LogP contribution < -0.4 is 10.3 Å². The third-order valence-corrected chi connectivity index (χ3v) is 7.70. The largest absolute Gasteiger partial charge is 0.486 e. The molecule has 0 saturated heterocycles. The second kappa shape index (κ2) is 11.4. The van der Waals surface area contributed by atoms with Crippen LogP contribution in [0.2, 0.25) is 25.1 Å². The van der Waals surface area contributed by atoms with Gasteiger partial charge >= 0.3 is 0 Å². The molecule has 0 N–H and O–H groups in total. The summed E-state index contributed by atoms with van der Waals surface area (Å²) < 4.78 is 13.0. The van der Waals surface area contributed by atoms with E-state index in [1.165, 1.54) is 10.9 Å². The fourth-order valence-corrected chi connectivity index (χ4v) is 5.33. The summed E-state index contributed by atoms with van der Waals surface area (Å²) in [6.07, 6.45) is 1.46. The highest BCUT2D eigenvalue weighted by Gasteiger charge is 2.17. The monoisotopic (exact) mass is 641 g/mol. The fourth-order valence-electron chi connectivity index (χ4n) is 4.22. The van der Waals surface area contributed by atoms with Gasteiger partial charge in [0, 0.05) is 10.4 Å². The van der Waals surface area contributed by atoms with Crippen molar-refractivity contribution in [1.29, 1.82) is 0 Å². The van der Waals surface area contributed by atoms with Gasteiger partial charge in [-0.15, -0.1) is 0 Å². The summed E-state index contributed by atoms with van der Waals surface area (Å²) in [5.41, 5.74) is 2.05. The summed E-state index contributed by atoms with van der Waals surface area (Å²) in [5.74, 6) is 0.864. The SMILES string of the molecule is O=c1c2ccccc2nc(-c2cc3cc(Cl)ccc3o2)n1N=Cc1cc(Cl)c(OCc2ccc(Cl)c(Cl)c2)c(Cl)c1. The number of furan rings is 1. The van der Waals surface area contributed by atoms with E-state index in [0.29, 0.717) is 48.6 Å². The van der Waals surface area contributed by atoms with Crippen LogP contribution in [-0.2, 0) is 6.61 Å². The molecule has 204 valence electrons. The van der Waals surface area contributed by atoms with Crippen LogP contribution >= 0.6 is 58.0 Å². The van der Waals surface area contributed by atoms with E-state index >= 15 is 0 Å². The van der Waals surface area contributed by atoms with Gasteiger partial charge in [0.15, 0.2) is 11.5 Å². The number of aromatic nitrogens is 2. The van der Waals surface area contributed by atoms with Gasteiger partial charge in [-0.1, -0.05) is 76.2 Å². The van der Waals surface area contributed by atoms with Crippen LogP contribution in [-0.4, -0.2) is 15.9 Å². The zero-order valence-corrected chi connectivity index (χ0v) is 24.5. The van der Waals surface area contributed by atoms with E-state index in [-0.39, 0.29) is 28.0 Å². The Morgan fingerprint density at radius 3 is 2.41 bits per heavy atom. The van der Waals surface area contributed by atoms with Crippen molar-refractivity contribution < 1.29 is 9.15 Å². The van der Waals surface area contributed by atoms with E-state index in [0.717, 1.165) is 10.9 Å². The molecule has 6 rings (SSSR count). The third kappa shape index (κ3) is 5.67. The predicted octanol–water partition coefficient (Wildman–Crippen LogP) is 9.54. The summed E-state index contributed by atoms with van der Waals surface area (Å²) in [4.78, 5) is 18.2. The van der Waals surface area contributed by atoms with Crippen molar-refractivity contribution in [2.75, 3.05) is 0 Å². The lowest BCUT2D eigenvalue weighted by molar-refractivity contribution is 0.306. The zero-order valence-electron chi connectivity index (χ0n) is 20.7. The molecule has 6 nitrogen and oxygen atoms in total. The number of fused-ring (bicyclic) bond motifs is 2. The molecule has 41 heavy (non-hydrogen) atoms. The average molecular weight is 644 g/mol. The standard InChI is InChI=1S/C30H16Cl5N3O3/c31-19-6-8-26-18(12-19)13-27(41-26)29-37-25-4-2-1-3-20(25)30(39)38(29)36-14-17-10-23(34)28(24(35)11-17)40-15-16-5-7-21(32)22(33)9-16/h1-14H,15H2. The van der Waals surface area contributed by atoms with Crippen LogP contribution in [0.3, 0.4) is 0 Å².